The van der Waals surface area contributed by atoms with E-state index in [9.17, 15) is 19.0 Å². The molecule has 0 saturated heterocycles. The quantitative estimate of drug-likeness (QED) is 0.386. The van der Waals surface area contributed by atoms with Gasteiger partial charge >= 0.3 is 0 Å². The smallest absolute Gasteiger partial charge is 0.265 e. The van der Waals surface area contributed by atoms with E-state index >= 15 is 0 Å². The molecule has 3 N–H and O–H groups in total. The van der Waals surface area contributed by atoms with E-state index in [0.717, 1.165) is 5.56 Å². The summed E-state index contributed by atoms with van der Waals surface area (Å²) in [5, 5.41) is 7.18. The number of hydrogen-bond acceptors (Lipinski definition) is 5. The van der Waals surface area contributed by atoms with Gasteiger partial charge in [0.05, 0.1) is 6.04 Å². The fourth-order valence-electron chi connectivity index (χ4n) is 3.21. The number of carbonyl (C=O) groups excluding carboxylic acids is 1. The highest BCUT2D eigenvalue weighted by atomic mass is 31.2. The molecule has 0 aliphatic carbocycles. The third-order valence-corrected chi connectivity index (χ3v) is 6.12. The van der Waals surface area contributed by atoms with Crippen LogP contribution >= 0.6 is 7.37 Å². The lowest BCUT2D eigenvalue weighted by Crippen LogP contribution is -2.34. The van der Waals surface area contributed by atoms with E-state index in [0.29, 0.717) is 10.9 Å². The predicted octanol–water partition coefficient (Wildman–Crippen LogP) is 2.00. The van der Waals surface area contributed by atoms with Crippen LogP contribution in [-0.4, -0.2) is 37.2 Å². The van der Waals surface area contributed by atoms with E-state index in [-0.39, 0.29) is 11.5 Å². The Balaban J connectivity index is 1.65. The molecule has 0 aliphatic heterocycles. The molecule has 0 fully saturated rings. The van der Waals surface area contributed by atoms with E-state index in [1.165, 1.54) is 17.5 Å². The molecule has 4 rings (SSSR count). The molecule has 4 aromatic rings. The van der Waals surface area contributed by atoms with Crippen LogP contribution in [0.25, 0.3) is 5.95 Å². The lowest BCUT2D eigenvalue weighted by molar-refractivity contribution is 0.0941. The minimum atomic E-state index is -3.40. The number of H-pyrrole nitrogens is 1. The Hall–Kier alpha value is -3.81. The van der Waals surface area contributed by atoms with Crippen LogP contribution in [0, 0.1) is 0 Å². The first-order valence-electron chi connectivity index (χ1n) is 9.69. The molecule has 9 nitrogen and oxygen atoms in total. The summed E-state index contributed by atoms with van der Waals surface area (Å²) in [4.78, 5) is 42.0. The van der Waals surface area contributed by atoms with Gasteiger partial charge in [-0.2, -0.15) is 5.10 Å². The van der Waals surface area contributed by atoms with E-state index < -0.39 is 24.9 Å². The number of carbonyl (C=O) groups is 1. The number of aromatic nitrogens is 4. The molecule has 1 unspecified atom stereocenters. The summed E-state index contributed by atoms with van der Waals surface area (Å²) in [6.45, 7) is 1.27. The SMILES string of the molecule is CP(=O)(O)c1ccc([C@@H](NC(=O)c2cnc(-n3cccn3)[nH]c2=O)c2ccccc2)cc1. The maximum Gasteiger partial charge on any atom is 0.265 e. The van der Waals surface area contributed by atoms with Gasteiger partial charge in [-0.25, -0.2) is 9.67 Å². The van der Waals surface area contributed by atoms with E-state index in [2.05, 4.69) is 20.4 Å². The summed E-state index contributed by atoms with van der Waals surface area (Å²) >= 11 is 0. The maximum absolute atomic E-state index is 13.0. The molecule has 0 bridgehead atoms. The summed E-state index contributed by atoms with van der Waals surface area (Å²) in [7, 11) is -3.40. The number of rotatable bonds is 6. The van der Waals surface area contributed by atoms with Gasteiger partial charge in [-0.05, 0) is 29.3 Å². The van der Waals surface area contributed by atoms with Crippen molar-refractivity contribution in [2.45, 2.75) is 6.04 Å². The number of nitrogens with zero attached hydrogens (tertiary/aromatic N) is 3. The van der Waals surface area contributed by atoms with Gasteiger partial charge in [0.1, 0.15) is 5.56 Å². The van der Waals surface area contributed by atoms with E-state index in [1.54, 1.807) is 42.7 Å². The van der Waals surface area contributed by atoms with Gasteiger partial charge in [0, 0.05) is 30.6 Å². The summed E-state index contributed by atoms with van der Waals surface area (Å²) in [5.74, 6) is -0.410. The highest BCUT2D eigenvalue weighted by Gasteiger charge is 2.21. The number of benzene rings is 2. The Labute approximate surface area is 183 Å². The zero-order valence-corrected chi connectivity index (χ0v) is 17.9. The van der Waals surface area contributed by atoms with Gasteiger partial charge in [0.15, 0.2) is 0 Å². The normalized spacial score (nSPS) is 13.8. The average molecular weight is 449 g/mol. The van der Waals surface area contributed by atoms with Gasteiger partial charge in [0.2, 0.25) is 13.3 Å². The average Bonchev–Trinajstić information content (AvgIpc) is 3.32. The van der Waals surface area contributed by atoms with Gasteiger partial charge in [-0.15, -0.1) is 0 Å². The first kappa shape index (κ1) is 21.4. The van der Waals surface area contributed by atoms with Crippen LogP contribution in [-0.2, 0) is 4.57 Å². The van der Waals surface area contributed by atoms with Crippen LogP contribution in [0.5, 0.6) is 0 Å². The highest BCUT2D eigenvalue weighted by molar-refractivity contribution is 7.65. The molecule has 1 amide bonds. The topological polar surface area (TPSA) is 130 Å². The van der Waals surface area contributed by atoms with Crippen LogP contribution in [0.1, 0.15) is 27.5 Å². The van der Waals surface area contributed by atoms with Crippen molar-refractivity contribution in [3.05, 3.63) is 106 Å². The van der Waals surface area contributed by atoms with Crippen molar-refractivity contribution < 1.29 is 14.3 Å². The Morgan fingerprint density at radius 3 is 2.38 bits per heavy atom. The van der Waals surface area contributed by atoms with Crippen molar-refractivity contribution in [3.63, 3.8) is 0 Å². The molecule has 0 radical (unpaired) electrons. The van der Waals surface area contributed by atoms with Gasteiger partial charge in [0.25, 0.3) is 11.5 Å². The Morgan fingerprint density at radius 1 is 1.09 bits per heavy atom. The second kappa shape index (κ2) is 8.74. The molecule has 162 valence electrons. The Morgan fingerprint density at radius 2 is 1.78 bits per heavy atom. The van der Waals surface area contributed by atoms with Crippen LogP contribution < -0.4 is 16.2 Å². The molecular formula is C22H20N5O4P. The molecular weight excluding hydrogens is 429 g/mol. The highest BCUT2D eigenvalue weighted by Crippen LogP contribution is 2.34. The fourth-order valence-corrected chi connectivity index (χ4v) is 3.92. The number of hydrogen-bond donors (Lipinski definition) is 3. The summed E-state index contributed by atoms with van der Waals surface area (Å²) in [5.41, 5.74) is 0.735. The molecule has 0 aliphatic rings. The second-order valence-corrected chi connectivity index (χ2v) is 9.46. The summed E-state index contributed by atoms with van der Waals surface area (Å²) < 4.78 is 13.3. The molecule has 0 spiro atoms. The van der Waals surface area contributed by atoms with E-state index in [1.807, 2.05) is 30.3 Å². The summed E-state index contributed by atoms with van der Waals surface area (Å²) in [6, 6.07) is 16.8. The van der Waals surface area contributed by atoms with Crippen molar-refractivity contribution >= 4 is 18.6 Å². The fraction of sp³-hybridized carbons (Fsp3) is 0.0909. The van der Waals surface area contributed by atoms with Crippen LogP contribution in [0.15, 0.2) is 84.0 Å². The largest absolute Gasteiger partial charge is 0.341 e. The third kappa shape index (κ3) is 4.59. The zero-order chi connectivity index (χ0) is 22.7. The Bertz CT molecular complexity index is 1330. The van der Waals surface area contributed by atoms with Crippen molar-refractivity contribution in [2.24, 2.45) is 0 Å². The minimum absolute atomic E-state index is 0.146. The molecule has 2 atom stereocenters. The van der Waals surface area contributed by atoms with Crippen LogP contribution in [0.2, 0.25) is 0 Å². The number of amides is 1. The lowest BCUT2D eigenvalue weighted by Gasteiger charge is -2.20. The van der Waals surface area contributed by atoms with E-state index in [4.69, 9.17) is 0 Å². The zero-order valence-electron chi connectivity index (χ0n) is 17.0. The maximum atomic E-state index is 13.0. The first-order chi connectivity index (χ1) is 15.3. The molecule has 32 heavy (non-hydrogen) atoms. The minimum Gasteiger partial charge on any atom is -0.341 e. The first-order valence-corrected chi connectivity index (χ1v) is 11.8. The monoisotopic (exact) mass is 449 g/mol. The number of aromatic amines is 1. The van der Waals surface area contributed by atoms with Crippen LogP contribution in [0.4, 0.5) is 0 Å². The molecule has 2 heterocycles. The molecule has 0 saturated carbocycles. The lowest BCUT2D eigenvalue weighted by atomic mass is 9.98. The van der Waals surface area contributed by atoms with Crippen LogP contribution in [0.3, 0.4) is 0 Å². The second-order valence-electron chi connectivity index (χ2n) is 7.19. The van der Waals surface area contributed by atoms with Crippen molar-refractivity contribution in [1.82, 2.24) is 25.1 Å². The number of nitrogens with one attached hydrogen (secondary N) is 2. The third-order valence-electron chi connectivity index (χ3n) is 4.87. The van der Waals surface area contributed by atoms with Crippen molar-refractivity contribution in [2.75, 3.05) is 6.66 Å². The molecule has 2 aromatic heterocycles. The summed E-state index contributed by atoms with van der Waals surface area (Å²) in [6.07, 6.45) is 4.37. The standard InChI is InChI=1S/C22H20N5O4P/c1-32(30,31)17-10-8-16(9-11-17)19(15-6-3-2-4-7-15)25-20(28)18-14-23-22(26-21(18)29)27-13-5-12-24-27/h2-14,19H,1H3,(H,25,28)(H,30,31)(H,23,26,29)/t19-/m0/s1. The predicted molar refractivity (Wildman–Crippen MR) is 120 cm³/mol. The van der Waals surface area contributed by atoms with Crippen molar-refractivity contribution in [3.8, 4) is 5.95 Å². The molecule has 2 aromatic carbocycles. The van der Waals surface area contributed by atoms with Crippen molar-refractivity contribution in [1.29, 1.82) is 0 Å². The Kier molecular flexibility index (Phi) is 5.85. The van der Waals surface area contributed by atoms with Gasteiger partial charge in [-0.3, -0.25) is 19.1 Å². The van der Waals surface area contributed by atoms with Gasteiger partial charge < -0.3 is 10.2 Å². The molecule has 10 heteroatoms. The van der Waals surface area contributed by atoms with Gasteiger partial charge in [-0.1, -0.05) is 42.5 Å².